The standard InChI is InChI=1S/C19H14FN4.ClH/c20-17-13-7-8-14-18(17)24-22-19(15-9-3-1-4-10-15)21-23(24)16-11-5-2-6-12-16;/h1-14H;1H/q+1;/p-1. The Kier molecular flexibility index (Phi) is 4.86. The average Bonchev–Trinajstić information content (AvgIpc) is 3.09. The zero-order valence-electron chi connectivity index (χ0n) is 13.1. The van der Waals surface area contributed by atoms with Gasteiger partial charge in [-0.15, -0.1) is 0 Å². The van der Waals surface area contributed by atoms with Crippen molar-refractivity contribution in [1.82, 2.24) is 15.0 Å². The highest BCUT2D eigenvalue weighted by molar-refractivity contribution is 5.53. The number of benzene rings is 3. The Balaban J connectivity index is 0.00000182. The van der Waals surface area contributed by atoms with Gasteiger partial charge in [-0.25, -0.2) is 4.39 Å². The van der Waals surface area contributed by atoms with Crippen LogP contribution in [0.1, 0.15) is 0 Å². The van der Waals surface area contributed by atoms with Gasteiger partial charge in [0.25, 0.3) is 0 Å². The van der Waals surface area contributed by atoms with E-state index in [2.05, 4.69) is 10.2 Å². The first kappa shape index (κ1) is 16.8. The number of rotatable bonds is 3. The molecule has 0 aliphatic rings. The highest BCUT2D eigenvalue weighted by Gasteiger charge is 2.24. The molecule has 4 aromatic rings. The fourth-order valence-electron chi connectivity index (χ4n) is 2.49. The third kappa shape index (κ3) is 3.27. The summed E-state index contributed by atoms with van der Waals surface area (Å²) in [6.45, 7) is 0. The van der Waals surface area contributed by atoms with Gasteiger partial charge < -0.3 is 12.4 Å². The second-order valence-electron chi connectivity index (χ2n) is 5.26. The van der Waals surface area contributed by atoms with Crippen molar-refractivity contribution in [3.8, 4) is 22.8 Å². The molecule has 0 saturated heterocycles. The lowest BCUT2D eigenvalue weighted by atomic mass is 10.2. The molecule has 6 heteroatoms. The predicted octanol–water partition coefficient (Wildman–Crippen LogP) is 0.354. The summed E-state index contributed by atoms with van der Waals surface area (Å²) in [6.07, 6.45) is 0. The van der Waals surface area contributed by atoms with Crippen LogP contribution >= 0.6 is 0 Å². The Bertz CT molecular complexity index is 971. The number of tetrazole rings is 1. The molecular weight excluding hydrogens is 339 g/mol. The topological polar surface area (TPSA) is 34.6 Å². The lowest BCUT2D eigenvalue weighted by Gasteiger charge is -2.00. The van der Waals surface area contributed by atoms with Crippen LogP contribution in [-0.2, 0) is 0 Å². The van der Waals surface area contributed by atoms with Crippen LogP contribution in [0, 0.1) is 5.82 Å². The van der Waals surface area contributed by atoms with Crippen molar-refractivity contribution >= 4 is 0 Å². The number of para-hydroxylation sites is 2. The van der Waals surface area contributed by atoms with Gasteiger partial charge in [0.2, 0.25) is 5.69 Å². The lowest BCUT2D eigenvalue weighted by molar-refractivity contribution is -0.736. The van der Waals surface area contributed by atoms with Crippen molar-refractivity contribution in [2.24, 2.45) is 0 Å². The largest absolute Gasteiger partial charge is 1.00 e. The van der Waals surface area contributed by atoms with E-state index in [1.54, 1.807) is 23.0 Å². The van der Waals surface area contributed by atoms with Crippen LogP contribution in [0.25, 0.3) is 22.8 Å². The molecule has 0 radical (unpaired) electrons. The van der Waals surface area contributed by atoms with Crippen molar-refractivity contribution in [3.05, 3.63) is 90.7 Å². The van der Waals surface area contributed by atoms with Gasteiger partial charge in [0, 0.05) is 4.80 Å². The average molecular weight is 353 g/mol. The lowest BCUT2D eigenvalue weighted by Crippen LogP contribution is -3.00. The summed E-state index contributed by atoms with van der Waals surface area (Å²) >= 11 is 0. The summed E-state index contributed by atoms with van der Waals surface area (Å²) in [5.41, 5.74) is 2.02. The first-order valence-corrected chi connectivity index (χ1v) is 7.58. The molecule has 0 N–H and O–H groups in total. The van der Waals surface area contributed by atoms with Crippen molar-refractivity contribution in [2.45, 2.75) is 0 Å². The van der Waals surface area contributed by atoms with Gasteiger partial charge in [-0.2, -0.15) is 0 Å². The monoisotopic (exact) mass is 352 g/mol. The maximum atomic E-state index is 14.3. The van der Waals surface area contributed by atoms with Crippen LogP contribution < -0.4 is 17.2 Å². The molecule has 0 bridgehead atoms. The Morgan fingerprint density at radius 2 is 1.36 bits per heavy atom. The molecule has 0 spiro atoms. The van der Waals surface area contributed by atoms with Gasteiger partial charge in [0.15, 0.2) is 5.82 Å². The van der Waals surface area contributed by atoms with E-state index in [0.29, 0.717) is 11.5 Å². The van der Waals surface area contributed by atoms with Gasteiger partial charge in [0.1, 0.15) is 5.69 Å². The molecule has 4 nitrogen and oxygen atoms in total. The quantitative estimate of drug-likeness (QED) is 0.499. The van der Waals surface area contributed by atoms with Gasteiger partial charge in [0.05, 0.1) is 10.7 Å². The van der Waals surface area contributed by atoms with Crippen molar-refractivity contribution < 1.29 is 21.6 Å². The molecule has 0 atom stereocenters. The number of aromatic nitrogens is 4. The van der Waals surface area contributed by atoms with E-state index in [1.807, 2.05) is 60.7 Å². The summed E-state index contributed by atoms with van der Waals surface area (Å²) in [6, 6.07) is 25.7. The van der Waals surface area contributed by atoms with E-state index in [0.717, 1.165) is 11.3 Å². The molecule has 3 aromatic carbocycles. The summed E-state index contributed by atoms with van der Waals surface area (Å²) < 4.78 is 14.3. The van der Waals surface area contributed by atoms with E-state index < -0.39 is 0 Å². The highest BCUT2D eigenvalue weighted by atomic mass is 35.5. The molecule has 0 unspecified atom stereocenters. The Hall–Kier alpha value is -3.05. The van der Waals surface area contributed by atoms with E-state index in [9.17, 15) is 4.39 Å². The van der Waals surface area contributed by atoms with E-state index >= 15 is 0 Å². The Morgan fingerprint density at radius 1 is 0.760 bits per heavy atom. The van der Waals surface area contributed by atoms with Gasteiger partial charge in [-0.3, -0.25) is 0 Å². The number of halogens is 2. The molecule has 1 heterocycles. The molecule has 0 aliphatic carbocycles. The third-order valence-electron chi connectivity index (χ3n) is 3.65. The SMILES string of the molecule is Fc1ccccc1-[n+]1nc(-c2ccccc2)nn1-c1ccccc1.[Cl-]. The van der Waals surface area contributed by atoms with E-state index in [-0.39, 0.29) is 18.2 Å². The smallest absolute Gasteiger partial charge is 0.340 e. The second-order valence-corrected chi connectivity index (χ2v) is 5.26. The highest BCUT2D eigenvalue weighted by Crippen LogP contribution is 2.15. The second kappa shape index (κ2) is 7.23. The van der Waals surface area contributed by atoms with Crippen molar-refractivity contribution in [1.29, 1.82) is 0 Å². The molecular formula is C19H14ClFN4. The molecule has 124 valence electrons. The number of hydrogen-bond donors (Lipinski definition) is 0. The first-order valence-electron chi connectivity index (χ1n) is 7.58. The molecule has 0 amide bonds. The van der Waals surface area contributed by atoms with Crippen molar-refractivity contribution in [2.75, 3.05) is 0 Å². The first-order chi connectivity index (χ1) is 11.8. The van der Waals surface area contributed by atoms with Gasteiger partial charge >= 0.3 is 5.82 Å². The van der Waals surface area contributed by atoms with Crippen LogP contribution in [0.4, 0.5) is 4.39 Å². The molecule has 1 aromatic heterocycles. The Labute approximate surface area is 150 Å². The zero-order chi connectivity index (χ0) is 16.4. The minimum Gasteiger partial charge on any atom is -1.00 e. The molecule has 0 fully saturated rings. The number of nitrogens with zero attached hydrogens (tertiary/aromatic N) is 4. The molecule has 25 heavy (non-hydrogen) atoms. The van der Waals surface area contributed by atoms with Crippen molar-refractivity contribution in [3.63, 3.8) is 0 Å². The number of hydrogen-bond acceptors (Lipinski definition) is 2. The van der Waals surface area contributed by atoms with Crippen LogP contribution in [0.15, 0.2) is 84.9 Å². The third-order valence-corrected chi connectivity index (χ3v) is 3.65. The molecule has 0 aliphatic heterocycles. The van der Waals surface area contributed by atoms with Crippen LogP contribution in [0.3, 0.4) is 0 Å². The Morgan fingerprint density at radius 3 is 2.04 bits per heavy atom. The zero-order valence-corrected chi connectivity index (χ0v) is 13.9. The minimum absolute atomic E-state index is 0. The fourth-order valence-corrected chi connectivity index (χ4v) is 2.49. The maximum absolute atomic E-state index is 14.3. The van der Waals surface area contributed by atoms with E-state index in [4.69, 9.17) is 0 Å². The molecule has 4 rings (SSSR count). The van der Waals surface area contributed by atoms with Gasteiger partial charge in [-0.1, -0.05) is 48.5 Å². The predicted molar refractivity (Wildman–Crippen MR) is 88.3 cm³/mol. The maximum Gasteiger partial charge on any atom is 0.340 e. The van der Waals surface area contributed by atoms with Gasteiger partial charge in [-0.05, 0) is 46.3 Å². The van der Waals surface area contributed by atoms with Crippen LogP contribution in [0.5, 0.6) is 0 Å². The summed E-state index contributed by atoms with van der Waals surface area (Å²) in [4.78, 5) is 3.08. The van der Waals surface area contributed by atoms with E-state index in [1.165, 1.54) is 10.9 Å². The normalized spacial score (nSPS) is 10.3. The van der Waals surface area contributed by atoms with Crippen LogP contribution in [-0.4, -0.2) is 15.0 Å². The fraction of sp³-hybridized carbons (Fsp3) is 0. The summed E-state index contributed by atoms with van der Waals surface area (Å²) in [5, 5.41) is 9.09. The summed E-state index contributed by atoms with van der Waals surface area (Å²) in [7, 11) is 0. The van der Waals surface area contributed by atoms with Crippen LogP contribution in [0.2, 0.25) is 0 Å². The molecule has 0 saturated carbocycles. The minimum atomic E-state index is -0.355. The summed E-state index contributed by atoms with van der Waals surface area (Å²) in [5.74, 6) is 0.175.